The Hall–Kier alpha value is -1.62. The van der Waals surface area contributed by atoms with Crippen molar-refractivity contribution < 1.29 is 4.79 Å². The van der Waals surface area contributed by atoms with Gasteiger partial charge < -0.3 is 10.7 Å². The number of pyridine rings is 1. The van der Waals surface area contributed by atoms with Crippen molar-refractivity contribution in [3.05, 3.63) is 23.4 Å². The zero-order chi connectivity index (χ0) is 13.5. The lowest BCUT2D eigenvalue weighted by Crippen LogP contribution is -2.34. The van der Waals surface area contributed by atoms with Crippen molar-refractivity contribution in [1.82, 2.24) is 10.3 Å². The van der Waals surface area contributed by atoms with E-state index in [9.17, 15) is 4.79 Å². The summed E-state index contributed by atoms with van der Waals surface area (Å²) in [4.78, 5) is 16.4. The number of rotatable bonds is 6. The molecule has 1 aromatic rings. The predicted octanol–water partition coefficient (Wildman–Crippen LogP) is 1.85. The fraction of sp³-hybridized carbons (Fsp3) is 0.538. The molecule has 0 saturated heterocycles. The number of anilines is 1. The van der Waals surface area contributed by atoms with E-state index in [0.717, 1.165) is 25.0 Å². The molecule has 1 aromatic heterocycles. The van der Waals surface area contributed by atoms with Crippen LogP contribution >= 0.6 is 0 Å². The molecule has 1 amide bonds. The van der Waals surface area contributed by atoms with Gasteiger partial charge in [-0.1, -0.05) is 20.8 Å². The zero-order valence-corrected chi connectivity index (χ0v) is 11.3. The number of nitrogens with zero attached hydrogens (tertiary/aromatic N) is 1. The van der Waals surface area contributed by atoms with E-state index in [1.165, 1.54) is 0 Å². The number of hydrazine groups is 1. The first-order valence-corrected chi connectivity index (χ1v) is 6.42. The first kappa shape index (κ1) is 14.4. The third-order valence-corrected chi connectivity index (χ3v) is 2.97. The van der Waals surface area contributed by atoms with E-state index >= 15 is 0 Å². The van der Waals surface area contributed by atoms with Crippen LogP contribution in [0.5, 0.6) is 0 Å². The van der Waals surface area contributed by atoms with Gasteiger partial charge in [0.15, 0.2) is 0 Å². The SMILES string of the molecule is CCc1cc(C(=O)NC(CC)CC)cc(NN)n1. The zero-order valence-electron chi connectivity index (χ0n) is 11.3. The first-order chi connectivity index (χ1) is 8.64. The summed E-state index contributed by atoms with van der Waals surface area (Å²) in [6.07, 6.45) is 2.62. The molecule has 100 valence electrons. The number of aromatic nitrogens is 1. The van der Waals surface area contributed by atoms with E-state index in [1.54, 1.807) is 12.1 Å². The molecule has 0 aliphatic carbocycles. The van der Waals surface area contributed by atoms with Crippen LogP contribution in [0.15, 0.2) is 12.1 Å². The van der Waals surface area contributed by atoms with Gasteiger partial charge >= 0.3 is 0 Å². The summed E-state index contributed by atoms with van der Waals surface area (Å²) < 4.78 is 0. The molecule has 4 N–H and O–H groups in total. The van der Waals surface area contributed by atoms with Gasteiger partial charge in [0, 0.05) is 17.3 Å². The average Bonchev–Trinajstić information content (AvgIpc) is 2.43. The highest BCUT2D eigenvalue weighted by Crippen LogP contribution is 2.11. The topological polar surface area (TPSA) is 80.0 Å². The van der Waals surface area contributed by atoms with Crippen molar-refractivity contribution in [2.75, 3.05) is 5.43 Å². The molecule has 0 fully saturated rings. The van der Waals surface area contributed by atoms with Gasteiger partial charge in [0.1, 0.15) is 5.82 Å². The summed E-state index contributed by atoms with van der Waals surface area (Å²) in [7, 11) is 0. The average molecular weight is 250 g/mol. The third kappa shape index (κ3) is 3.70. The van der Waals surface area contributed by atoms with Gasteiger partial charge in [-0.3, -0.25) is 4.79 Å². The predicted molar refractivity (Wildman–Crippen MR) is 73.3 cm³/mol. The molecule has 1 rings (SSSR count). The number of hydrogen-bond donors (Lipinski definition) is 3. The van der Waals surface area contributed by atoms with Gasteiger partial charge in [0.2, 0.25) is 0 Å². The Morgan fingerprint density at radius 2 is 2.00 bits per heavy atom. The molecule has 0 spiro atoms. The van der Waals surface area contributed by atoms with Crippen molar-refractivity contribution in [2.45, 2.75) is 46.1 Å². The number of nitrogen functional groups attached to an aromatic ring is 1. The second-order valence-corrected chi connectivity index (χ2v) is 4.22. The second-order valence-electron chi connectivity index (χ2n) is 4.22. The summed E-state index contributed by atoms with van der Waals surface area (Å²) in [6.45, 7) is 6.11. The molecular weight excluding hydrogens is 228 g/mol. The van der Waals surface area contributed by atoms with E-state index in [4.69, 9.17) is 5.84 Å². The monoisotopic (exact) mass is 250 g/mol. The molecular formula is C13H22N4O. The minimum Gasteiger partial charge on any atom is -0.349 e. The van der Waals surface area contributed by atoms with Crippen LogP contribution in [0.1, 0.15) is 49.7 Å². The molecule has 0 atom stereocenters. The molecule has 0 aromatic carbocycles. The Kier molecular flexibility index (Phi) is 5.58. The molecule has 0 aliphatic heterocycles. The van der Waals surface area contributed by atoms with Crippen LogP contribution in [0, 0.1) is 0 Å². The number of carbonyl (C=O) groups is 1. The minimum atomic E-state index is -0.0719. The number of nitrogens with two attached hydrogens (primary N) is 1. The van der Waals surface area contributed by atoms with E-state index in [1.807, 2.05) is 6.92 Å². The Balaban J connectivity index is 2.90. The molecule has 5 heteroatoms. The molecule has 0 radical (unpaired) electrons. The van der Waals surface area contributed by atoms with Crippen molar-refractivity contribution in [3.63, 3.8) is 0 Å². The fourth-order valence-electron chi connectivity index (χ4n) is 1.74. The summed E-state index contributed by atoms with van der Waals surface area (Å²) in [5.41, 5.74) is 3.93. The first-order valence-electron chi connectivity index (χ1n) is 6.42. The second kappa shape index (κ2) is 6.96. The molecule has 18 heavy (non-hydrogen) atoms. The van der Waals surface area contributed by atoms with Crippen LogP contribution in [0.3, 0.4) is 0 Å². The quantitative estimate of drug-likeness (QED) is 0.531. The van der Waals surface area contributed by atoms with Crippen molar-refractivity contribution in [2.24, 2.45) is 5.84 Å². The highest BCUT2D eigenvalue weighted by Gasteiger charge is 2.12. The summed E-state index contributed by atoms with van der Waals surface area (Å²) in [6, 6.07) is 3.68. The van der Waals surface area contributed by atoms with Crippen LogP contribution in [0.25, 0.3) is 0 Å². The van der Waals surface area contributed by atoms with Gasteiger partial charge in [-0.25, -0.2) is 10.8 Å². The number of carbonyl (C=O) groups excluding carboxylic acids is 1. The van der Waals surface area contributed by atoms with Crippen molar-refractivity contribution in [3.8, 4) is 0 Å². The Bertz CT molecular complexity index is 380. The molecule has 0 bridgehead atoms. The maximum atomic E-state index is 12.1. The Labute approximate surface area is 108 Å². The van der Waals surface area contributed by atoms with Gasteiger partial charge in [-0.05, 0) is 31.4 Å². The molecule has 0 saturated carbocycles. The number of aryl methyl sites for hydroxylation is 1. The van der Waals surface area contributed by atoms with Crippen molar-refractivity contribution in [1.29, 1.82) is 0 Å². The summed E-state index contributed by atoms with van der Waals surface area (Å²) >= 11 is 0. The maximum absolute atomic E-state index is 12.1. The van der Waals surface area contributed by atoms with Gasteiger partial charge in [0.05, 0.1) is 0 Å². The highest BCUT2D eigenvalue weighted by atomic mass is 16.1. The standard InChI is InChI=1S/C13H22N4O/c1-4-10(5-2)16-13(18)9-7-11(6-3)15-12(8-9)17-14/h7-8,10H,4-6,14H2,1-3H3,(H,15,17)(H,16,18). The molecule has 1 heterocycles. The molecule has 5 nitrogen and oxygen atoms in total. The molecule has 0 aliphatic rings. The van der Waals surface area contributed by atoms with Crippen LogP contribution in [0.4, 0.5) is 5.82 Å². The Morgan fingerprint density at radius 1 is 1.33 bits per heavy atom. The normalized spacial score (nSPS) is 10.5. The lowest BCUT2D eigenvalue weighted by atomic mass is 10.1. The lowest BCUT2D eigenvalue weighted by Gasteiger charge is -2.15. The number of amides is 1. The van der Waals surface area contributed by atoms with Crippen LogP contribution in [0.2, 0.25) is 0 Å². The smallest absolute Gasteiger partial charge is 0.251 e. The maximum Gasteiger partial charge on any atom is 0.251 e. The summed E-state index contributed by atoms with van der Waals surface area (Å²) in [5.74, 6) is 5.80. The van der Waals surface area contributed by atoms with Crippen LogP contribution in [-0.4, -0.2) is 16.9 Å². The summed E-state index contributed by atoms with van der Waals surface area (Å²) in [5, 5.41) is 3.00. The van der Waals surface area contributed by atoms with Gasteiger partial charge in [-0.15, -0.1) is 0 Å². The van der Waals surface area contributed by atoms with Gasteiger partial charge in [-0.2, -0.15) is 0 Å². The lowest BCUT2D eigenvalue weighted by molar-refractivity contribution is 0.0934. The van der Waals surface area contributed by atoms with E-state index in [2.05, 4.69) is 29.6 Å². The fourth-order valence-corrected chi connectivity index (χ4v) is 1.74. The van der Waals surface area contributed by atoms with Gasteiger partial charge in [0.25, 0.3) is 5.91 Å². The van der Waals surface area contributed by atoms with E-state index in [-0.39, 0.29) is 11.9 Å². The largest absolute Gasteiger partial charge is 0.349 e. The van der Waals surface area contributed by atoms with Crippen LogP contribution in [-0.2, 0) is 6.42 Å². The molecule has 0 unspecified atom stereocenters. The number of hydrogen-bond acceptors (Lipinski definition) is 4. The third-order valence-electron chi connectivity index (χ3n) is 2.97. The minimum absolute atomic E-state index is 0.0719. The van der Waals surface area contributed by atoms with E-state index < -0.39 is 0 Å². The van der Waals surface area contributed by atoms with Crippen LogP contribution < -0.4 is 16.6 Å². The highest BCUT2D eigenvalue weighted by molar-refractivity contribution is 5.95. The van der Waals surface area contributed by atoms with Crippen molar-refractivity contribution >= 4 is 11.7 Å². The number of nitrogens with one attached hydrogen (secondary N) is 2. The van der Waals surface area contributed by atoms with E-state index in [0.29, 0.717) is 11.4 Å². The Morgan fingerprint density at radius 3 is 2.50 bits per heavy atom.